The fraction of sp³-hybridized carbons (Fsp3) is 0. The van der Waals surface area contributed by atoms with E-state index < -0.39 is 0 Å². The molecule has 8 aromatic rings. The van der Waals surface area contributed by atoms with Gasteiger partial charge in [-0.2, -0.15) is 0 Å². The van der Waals surface area contributed by atoms with Gasteiger partial charge in [0, 0.05) is 42.8 Å². The summed E-state index contributed by atoms with van der Waals surface area (Å²) in [4.78, 5) is 7.33. The lowest BCUT2D eigenvalue weighted by molar-refractivity contribution is 1.29. The van der Waals surface area contributed by atoms with Crippen LogP contribution in [0.3, 0.4) is 0 Å². The third-order valence-electron chi connectivity index (χ3n) is 7.50. The lowest BCUT2D eigenvalue weighted by Gasteiger charge is -2.25. The van der Waals surface area contributed by atoms with E-state index in [1.54, 1.807) is 11.3 Å². The van der Waals surface area contributed by atoms with Gasteiger partial charge >= 0.3 is 0 Å². The van der Waals surface area contributed by atoms with E-state index in [2.05, 4.69) is 150 Å². The monoisotopic (exact) mass is 560 g/mol. The Kier molecular flexibility index (Phi) is 5.87. The summed E-state index contributed by atoms with van der Waals surface area (Å²) in [5, 5.41) is 3.67. The summed E-state index contributed by atoms with van der Waals surface area (Å²) < 4.78 is 3.84. The predicted octanol–water partition coefficient (Wildman–Crippen LogP) is 11.5. The second-order valence-corrected chi connectivity index (χ2v) is 12.1. The Bertz CT molecular complexity index is 2130. The third-order valence-corrected chi connectivity index (χ3v) is 9.76. The van der Waals surface area contributed by atoms with E-state index in [-0.39, 0.29) is 0 Å². The Morgan fingerprint density at radius 2 is 1.07 bits per heavy atom. The van der Waals surface area contributed by atoms with Crippen LogP contribution in [-0.2, 0) is 0 Å². The predicted molar refractivity (Wildman–Crippen MR) is 178 cm³/mol. The average molecular weight is 561 g/mol. The molecule has 0 bridgehead atoms. The zero-order chi connectivity index (χ0) is 27.2. The maximum atomic E-state index is 4.99. The Hall–Kier alpha value is -4.77. The number of nitrogens with zero attached hydrogens (tertiary/aromatic N) is 2. The molecule has 0 saturated carbocycles. The molecule has 0 amide bonds. The van der Waals surface area contributed by atoms with Gasteiger partial charge in [0.1, 0.15) is 5.01 Å². The Morgan fingerprint density at radius 3 is 1.80 bits per heavy atom. The number of hydrogen-bond donors (Lipinski definition) is 0. The van der Waals surface area contributed by atoms with Crippen molar-refractivity contribution in [2.75, 3.05) is 4.90 Å². The first-order chi connectivity index (χ1) is 20.3. The number of benzene rings is 6. The summed E-state index contributed by atoms with van der Waals surface area (Å²) in [6.45, 7) is 0. The summed E-state index contributed by atoms with van der Waals surface area (Å²) in [5.41, 5.74) is 8.09. The minimum atomic E-state index is 1.06. The molecule has 0 spiro atoms. The molecule has 0 N–H and O–H groups in total. The summed E-state index contributed by atoms with van der Waals surface area (Å²) in [6, 6.07) is 51.8. The number of para-hydroxylation sites is 1. The van der Waals surface area contributed by atoms with Crippen LogP contribution in [0.4, 0.5) is 17.1 Å². The molecule has 4 heteroatoms. The number of rotatable bonds is 5. The van der Waals surface area contributed by atoms with Gasteiger partial charge in [0.2, 0.25) is 0 Å². The maximum absolute atomic E-state index is 4.99. The SMILES string of the molecule is c1ccc(-c2ccc(N(c3ccccc3)c3ccc4c(c3)sc3ccc5nc(-c6ccccc6)sc5c34)cc2)cc1. The normalized spacial score (nSPS) is 11.4. The standard InChI is InChI=1S/C37H24N2S2/c1-4-10-25(11-5-1)26-16-18-29(19-17-26)39(28-14-8-3-9-15-28)30-20-21-31-34(24-30)40-33-23-22-32-36(35(31)33)41-37(38-32)27-12-6-2-7-13-27/h1-24H. The van der Waals surface area contributed by atoms with Gasteiger partial charge < -0.3 is 4.90 Å². The van der Waals surface area contributed by atoms with Gasteiger partial charge in [-0.25, -0.2) is 4.98 Å². The van der Waals surface area contributed by atoms with Gasteiger partial charge in [-0.3, -0.25) is 0 Å². The highest BCUT2D eigenvalue weighted by molar-refractivity contribution is 7.28. The van der Waals surface area contributed by atoms with E-state index in [1.807, 2.05) is 11.3 Å². The van der Waals surface area contributed by atoms with Gasteiger partial charge in [0.15, 0.2) is 0 Å². The van der Waals surface area contributed by atoms with Crippen molar-refractivity contribution in [1.29, 1.82) is 0 Å². The maximum Gasteiger partial charge on any atom is 0.124 e. The second kappa shape index (κ2) is 10.0. The van der Waals surface area contributed by atoms with Crippen LogP contribution < -0.4 is 4.90 Å². The van der Waals surface area contributed by atoms with Gasteiger partial charge in [0.05, 0.1) is 10.2 Å². The molecule has 0 unspecified atom stereocenters. The molecule has 6 aromatic carbocycles. The zero-order valence-electron chi connectivity index (χ0n) is 22.1. The molecule has 2 nitrogen and oxygen atoms in total. The summed E-state index contributed by atoms with van der Waals surface area (Å²) in [6.07, 6.45) is 0. The lowest BCUT2D eigenvalue weighted by Crippen LogP contribution is -2.09. The molecule has 0 aliphatic heterocycles. The number of thiazole rings is 1. The first-order valence-electron chi connectivity index (χ1n) is 13.6. The number of aromatic nitrogens is 1. The van der Waals surface area contributed by atoms with Crippen LogP contribution >= 0.6 is 22.7 Å². The van der Waals surface area contributed by atoms with Gasteiger partial charge in [-0.05, 0) is 59.7 Å². The first-order valence-corrected chi connectivity index (χ1v) is 15.3. The fourth-order valence-electron chi connectivity index (χ4n) is 5.54. The van der Waals surface area contributed by atoms with Crippen LogP contribution in [0.1, 0.15) is 0 Å². The molecule has 194 valence electrons. The molecule has 0 radical (unpaired) electrons. The Labute approximate surface area is 246 Å². The smallest absolute Gasteiger partial charge is 0.124 e. The van der Waals surface area contributed by atoms with Crippen molar-refractivity contribution < 1.29 is 0 Å². The van der Waals surface area contributed by atoms with E-state index in [9.17, 15) is 0 Å². The highest BCUT2D eigenvalue weighted by Gasteiger charge is 2.17. The Balaban J connectivity index is 1.25. The molecule has 0 aliphatic carbocycles. The third kappa shape index (κ3) is 4.29. The molecular formula is C37H24N2S2. The minimum absolute atomic E-state index is 1.06. The van der Waals surface area contributed by atoms with Crippen molar-refractivity contribution >= 4 is 70.1 Å². The van der Waals surface area contributed by atoms with E-state index in [0.29, 0.717) is 0 Å². The number of hydrogen-bond acceptors (Lipinski definition) is 4. The molecule has 41 heavy (non-hydrogen) atoms. The lowest BCUT2D eigenvalue weighted by atomic mass is 10.0. The van der Waals surface area contributed by atoms with Crippen LogP contribution in [0, 0.1) is 0 Å². The molecule has 2 heterocycles. The van der Waals surface area contributed by atoms with Crippen molar-refractivity contribution in [3.05, 3.63) is 146 Å². The van der Waals surface area contributed by atoms with Gasteiger partial charge in [-0.15, -0.1) is 22.7 Å². The molecule has 0 saturated heterocycles. The van der Waals surface area contributed by atoms with E-state index in [0.717, 1.165) is 27.6 Å². The average Bonchev–Trinajstić information content (AvgIpc) is 3.64. The molecule has 8 rings (SSSR count). The van der Waals surface area contributed by atoms with E-state index in [1.165, 1.54) is 41.6 Å². The Morgan fingerprint density at radius 1 is 0.463 bits per heavy atom. The minimum Gasteiger partial charge on any atom is -0.310 e. The zero-order valence-corrected chi connectivity index (χ0v) is 23.7. The number of fused-ring (bicyclic) bond motifs is 5. The first kappa shape index (κ1) is 24.1. The van der Waals surface area contributed by atoms with Crippen LogP contribution in [0.5, 0.6) is 0 Å². The summed E-state index contributed by atoms with van der Waals surface area (Å²) in [7, 11) is 0. The second-order valence-electron chi connectivity index (χ2n) is 10.0. The van der Waals surface area contributed by atoms with Crippen molar-refractivity contribution in [1.82, 2.24) is 4.98 Å². The molecule has 2 aromatic heterocycles. The number of thiophene rings is 1. The highest BCUT2D eigenvalue weighted by atomic mass is 32.1. The van der Waals surface area contributed by atoms with Crippen molar-refractivity contribution in [3.8, 4) is 21.7 Å². The fourth-order valence-corrected chi connectivity index (χ4v) is 7.88. The van der Waals surface area contributed by atoms with Crippen molar-refractivity contribution in [3.63, 3.8) is 0 Å². The van der Waals surface area contributed by atoms with Crippen molar-refractivity contribution in [2.24, 2.45) is 0 Å². The van der Waals surface area contributed by atoms with Gasteiger partial charge in [-0.1, -0.05) is 97.1 Å². The van der Waals surface area contributed by atoms with Crippen LogP contribution in [0.2, 0.25) is 0 Å². The van der Waals surface area contributed by atoms with E-state index in [4.69, 9.17) is 4.98 Å². The molecule has 0 atom stereocenters. The van der Waals surface area contributed by atoms with Crippen LogP contribution in [0.25, 0.3) is 52.1 Å². The van der Waals surface area contributed by atoms with Crippen LogP contribution in [-0.4, -0.2) is 4.98 Å². The molecule has 0 aliphatic rings. The summed E-state index contributed by atoms with van der Waals surface area (Å²) in [5.74, 6) is 0. The largest absolute Gasteiger partial charge is 0.310 e. The molecular weight excluding hydrogens is 537 g/mol. The summed E-state index contributed by atoms with van der Waals surface area (Å²) >= 11 is 3.64. The van der Waals surface area contributed by atoms with Crippen molar-refractivity contribution in [2.45, 2.75) is 0 Å². The quantitative estimate of drug-likeness (QED) is 0.208. The number of anilines is 3. The topological polar surface area (TPSA) is 16.1 Å². The van der Waals surface area contributed by atoms with Gasteiger partial charge in [0.25, 0.3) is 0 Å². The van der Waals surface area contributed by atoms with Crippen LogP contribution in [0.15, 0.2) is 146 Å². The van der Waals surface area contributed by atoms with E-state index >= 15 is 0 Å². The highest BCUT2D eigenvalue weighted by Crippen LogP contribution is 2.45. The molecule has 0 fully saturated rings.